The Morgan fingerprint density at radius 1 is 0.897 bits per heavy atom. The van der Waals surface area contributed by atoms with Crippen LogP contribution in [0, 0.1) is 14.4 Å². The average Bonchev–Trinajstić information content (AvgIpc) is 2.97. The summed E-state index contributed by atoms with van der Waals surface area (Å²) in [5.41, 5.74) is 4.42. The number of hydrogen-bond donors (Lipinski definition) is 1. The van der Waals surface area contributed by atoms with Gasteiger partial charge in [0, 0.05) is 10.9 Å². The van der Waals surface area contributed by atoms with Crippen LogP contribution in [0.1, 0.15) is 60.9 Å². The first-order chi connectivity index (χ1) is 18.5. The van der Waals surface area contributed by atoms with Crippen molar-refractivity contribution in [2.75, 3.05) is 6.54 Å². The third kappa shape index (κ3) is 10.4. The number of rotatable bonds is 12. The molecule has 0 bridgehead atoms. The first-order valence-electron chi connectivity index (χ1n) is 12.9. The zero-order valence-corrected chi connectivity index (χ0v) is 25.9. The molecule has 0 fully saturated rings. The molecule has 208 valence electrons. The van der Waals surface area contributed by atoms with Gasteiger partial charge in [0.05, 0.1) is 0 Å². The van der Waals surface area contributed by atoms with Crippen molar-refractivity contribution in [2.45, 2.75) is 56.0 Å². The standard InChI is InChI=1S/C31H35N2O2S.CH3.ClH.Ru/c1-25-20-22-29(23-21-25)36(34,35)33-31(28-18-9-4-10-19-28)30(27-16-7-3-8-17-27)32-24-12-11-15-26-13-5-2-6-14-26;;;/h2-5,7-10,13,16-23,30-32H,6,11-12,14-15,24H2,1H3;1H3;1H;/q2*-1;;+4/p-1. The number of sulfonamides is 1. The van der Waals surface area contributed by atoms with Crippen LogP contribution in [0.15, 0.2) is 114 Å². The van der Waals surface area contributed by atoms with E-state index >= 15 is 0 Å². The van der Waals surface area contributed by atoms with Crippen LogP contribution in [0.2, 0.25) is 0 Å². The van der Waals surface area contributed by atoms with Gasteiger partial charge in [-0.2, -0.15) is 0 Å². The summed E-state index contributed by atoms with van der Waals surface area (Å²) >= 11 is 1.82. The molecule has 0 aromatic heterocycles. The van der Waals surface area contributed by atoms with Gasteiger partial charge in [0.25, 0.3) is 0 Å². The molecular weight excluding hydrogens is 613 g/mol. The molecule has 4 rings (SSSR count). The van der Waals surface area contributed by atoms with Crippen LogP contribution in [-0.2, 0) is 27.3 Å². The third-order valence-corrected chi connectivity index (χ3v) is 7.95. The number of halogens is 1. The Hall–Kier alpha value is -2.08. The van der Waals surface area contributed by atoms with Gasteiger partial charge in [-0.05, 0) is 63.3 Å². The minimum atomic E-state index is -3.86. The van der Waals surface area contributed by atoms with Crippen LogP contribution < -0.4 is 5.32 Å². The van der Waals surface area contributed by atoms with Gasteiger partial charge in [0.1, 0.15) is 10.0 Å². The van der Waals surface area contributed by atoms with Crippen LogP contribution in [-0.4, -0.2) is 15.0 Å². The Labute approximate surface area is 249 Å². The van der Waals surface area contributed by atoms with Crippen LogP contribution in [0.4, 0.5) is 0 Å². The second kappa shape index (κ2) is 17.6. The first kappa shape index (κ1) is 33.1. The van der Waals surface area contributed by atoms with E-state index in [2.05, 4.69) is 38.0 Å². The zero-order chi connectivity index (χ0) is 27.2. The summed E-state index contributed by atoms with van der Waals surface area (Å²) in [4.78, 5) is 0.218. The summed E-state index contributed by atoms with van der Waals surface area (Å²) in [7, 11) is 0.713. The SMILES string of the molecule is Cc1ccc(S(=O)(=O)[N-]C(c2ccccc2)C(NCCCCC2=CC=CCC2)c2ccccc2)cc1.[CH3-].[Cl][Ru+3]. The number of aryl methyl sites for hydroxylation is 1. The summed E-state index contributed by atoms with van der Waals surface area (Å²) in [6.45, 7) is 2.73. The van der Waals surface area contributed by atoms with Crippen molar-refractivity contribution in [2.24, 2.45) is 0 Å². The molecule has 1 aliphatic rings. The Kier molecular flexibility index (Phi) is 14.9. The van der Waals surface area contributed by atoms with E-state index in [1.807, 2.05) is 97.0 Å². The first-order valence-corrected chi connectivity index (χ1v) is 16.6. The van der Waals surface area contributed by atoms with E-state index in [1.165, 1.54) is 5.57 Å². The van der Waals surface area contributed by atoms with Gasteiger partial charge < -0.3 is 17.5 Å². The summed E-state index contributed by atoms with van der Waals surface area (Å²) < 4.78 is 31.3. The Morgan fingerprint density at radius 2 is 1.51 bits per heavy atom. The molecule has 7 heteroatoms. The molecule has 3 aromatic rings. The van der Waals surface area contributed by atoms with Gasteiger partial charge in [0.2, 0.25) is 0 Å². The van der Waals surface area contributed by atoms with Crippen molar-refractivity contribution in [3.05, 3.63) is 138 Å². The van der Waals surface area contributed by atoms with Crippen LogP contribution in [0.25, 0.3) is 4.72 Å². The summed E-state index contributed by atoms with van der Waals surface area (Å²) in [6, 6.07) is 25.8. The minimum absolute atomic E-state index is 0. The van der Waals surface area contributed by atoms with Crippen molar-refractivity contribution >= 4 is 19.7 Å². The predicted octanol–water partition coefficient (Wildman–Crippen LogP) is 8.71. The molecule has 2 atom stereocenters. The fraction of sp³-hybridized carbons (Fsp3) is 0.281. The average molecular weight is 651 g/mol. The Morgan fingerprint density at radius 3 is 2.10 bits per heavy atom. The number of benzene rings is 3. The molecule has 3 aromatic carbocycles. The Balaban J connectivity index is 0.00000174. The molecule has 0 saturated carbocycles. The van der Waals surface area contributed by atoms with Crippen molar-refractivity contribution < 1.29 is 25.7 Å². The molecule has 1 aliphatic carbocycles. The molecule has 1 N–H and O–H groups in total. The number of unbranched alkanes of at least 4 members (excludes halogenated alkanes) is 1. The maximum atomic E-state index is 13.4. The van der Waals surface area contributed by atoms with E-state index < -0.39 is 16.1 Å². The van der Waals surface area contributed by atoms with Gasteiger partial charge in [0.15, 0.2) is 0 Å². The molecule has 4 nitrogen and oxygen atoms in total. The molecule has 0 saturated heterocycles. The molecule has 0 amide bonds. The third-order valence-electron chi connectivity index (χ3n) is 6.58. The van der Waals surface area contributed by atoms with Gasteiger partial charge in [-0.25, -0.2) is 8.42 Å². The van der Waals surface area contributed by atoms with E-state index in [4.69, 9.17) is 0 Å². The van der Waals surface area contributed by atoms with E-state index in [9.17, 15) is 8.42 Å². The van der Waals surface area contributed by atoms with Gasteiger partial charge >= 0.3 is 27.0 Å². The fourth-order valence-corrected chi connectivity index (χ4v) is 5.70. The summed E-state index contributed by atoms with van der Waals surface area (Å²) in [5, 5.41) is 3.66. The number of nitrogens with one attached hydrogen (secondary N) is 1. The fourth-order valence-electron chi connectivity index (χ4n) is 4.55. The molecule has 39 heavy (non-hydrogen) atoms. The predicted molar refractivity (Wildman–Crippen MR) is 161 cm³/mol. The number of allylic oxidation sites excluding steroid dienone is 4. The second-order valence-electron chi connectivity index (χ2n) is 9.34. The van der Waals surface area contributed by atoms with Gasteiger partial charge in [-0.3, -0.25) is 0 Å². The van der Waals surface area contributed by atoms with E-state index in [1.54, 1.807) is 12.1 Å². The normalized spacial score (nSPS) is 14.3. The second-order valence-corrected chi connectivity index (χ2v) is 11.0. The molecule has 0 spiro atoms. The van der Waals surface area contributed by atoms with Crippen LogP contribution >= 0.6 is 9.69 Å². The van der Waals surface area contributed by atoms with Crippen molar-refractivity contribution in [3.63, 3.8) is 0 Å². The number of nitrogens with zero attached hydrogens (tertiary/aromatic N) is 1. The monoisotopic (exact) mass is 651 g/mol. The van der Waals surface area contributed by atoms with Gasteiger partial charge in [-0.15, -0.1) is 0 Å². The molecule has 0 radical (unpaired) electrons. The van der Waals surface area contributed by atoms with E-state index in [0.29, 0.717) is 0 Å². The maximum absolute atomic E-state index is 13.4. The van der Waals surface area contributed by atoms with Crippen molar-refractivity contribution in [1.29, 1.82) is 0 Å². The quantitative estimate of drug-likeness (QED) is 0.121. The molecule has 0 aliphatic heterocycles. The zero-order valence-electron chi connectivity index (χ0n) is 22.6. The topological polar surface area (TPSA) is 60.3 Å². The van der Waals surface area contributed by atoms with Crippen LogP contribution in [0.5, 0.6) is 0 Å². The van der Waals surface area contributed by atoms with E-state index in [-0.39, 0.29) is 18.4 Å². The summed E-state index contributed by atoms with van der Waals surface area (Å²) in [6.07, 6.45) is 12.1. The molecular formula is C32H38ClN2O2RuS+. The van der Waals surface area contributed by atoms with Crippen LogP contribution in [0.3, 0.4) is 0 Å². The van der Waals surface area contributed by atoms with Crippen molar-refractivity contribution in [1.82, 2.24) is 5.32 Å². The number of hydrogen-bond acceptors (Lipinski definition) is 3. The molecule has 0 heterocycles. The molecule has 2 unspecified atom stereocenters. The Bertz CT molecular complexity index is 1260. The van der Waals surface area contributed by atoms with Crippen molar-refractivity contribution in [3.8, 4) is 0 Å². The van der Waals surface area contributed by atoms with Gasteiger partial charge in [-0.1, -0.05) is 114 Å². The van der Waals surface area contributed by atoms with E-state index in [0.717, 1.165) is 55.3 Å². The summed E-state index contributed by atoms with van der Waals surface area (Å²) in [5.74, 6) is 0.